The highest BCUT2D eigenvalue weighted by atomic mass is 35.5. The quantitative estimate of drug-likeness (QED) is 0.399. The average molecular weight is 486 g/mol. The van der Waals surface area contributed by atoms with Crippen molar-refractivity contribution in [2.24, 2.45) is 0 Å². The van der Waals surface area contributed by atoms with Crippen LogP contribution < -0.4 is 0 Å². The lowest BCUT2D eigenvalue weighted by Gasteiger charge is -2.09. The summed E-state index contributed by atoms with van der Waals surface area (Å²) in [5.41, 5.74) is 2.89. The Morgan fingerprint density at radius 1 is 1.16 bits per heavy atom. The number of halogens is 2. The van der Waals surface area contributed by atoms with Crippen molar-refractivity contribution < 1.29 is 13.5 Å². The Morgan fingerprint density at radius 2 is 1.84 bits per heavy atom. The third-order valence-electron chi connectivity index (χ3n) is 5.20. The number of fused-ring (bicyclic) bond motifs is 1. The van der Waals surface area contributed by atoms with Crippen molar-refractivity contribution in [1.29, 1.82) is 5.26 Å². The third-order valence-corrected chi connectivity index (χ3v) is 7.61. The van der Waals surface area contributed by atoms with Gasteiger partial charge in [0.1, 0.15) is 17.4 Å². The number of aromatic amines is 1. The van der Waals surface area contributed by atoms with Gasteiger partial charge in [0.15, 0.2) is 9.84 Å². The zero-order valence-electron chi connectivity index (χ0n) is 16.8. The van der Waals surface area contributed by atoms with Crippen LogP contribution in [0.1, 0.15) is 30.0 Å². The van der Waals surface area contributed by atoms with E-state index in [1.165, 1.54) is 12.1 Å². The average Bonchev–Trinajstić information content (AvgIpc) is 3.23. The molecule has 0 spiro atoms. The first kappa shape index (κ1) is 22.3. The topological polar surface area (TPSA) is 107 Å². The SMILES string of the molecule is CCS(=O)(=O)c1ccc(C(O)c2nc3c(Cl)c(-c4ccccc4C#N)c(Cl)cc3[nH]2)cc1. The number of aromatic nitrogens is 2. The lowest BCUT2D eigenvalue weighted by molar-refractivity contribution is 0.211. The van der Waals surface area contributed by atoms with Gasteiger partial charge in [0, 0.05) is 11.1 Å². The standard InChI is InChI=1S/C23H17Cl2N3O3S/c1-2-32(30,31)15-9-7-13(8-10-15)22(29)23-27-18-11-17(24)19(20(25)21(18)28-23)16-6-4-3-5-14(16)12-26/h3-11,22,29H,2H2,1H3,(H,27,28). The molecule has 3 aromatic carbocycles. The van der Waals surface area contributed by atoms with E-state index < -0.39 is 15.9 Å². The lowest BCUT2D eigenvalue weighted by atomic mass is 10.00. The fourth-order valence-electron chi connectivity index (χ4n) is 3.46. The van der Waals surface area contributed by atoms with Crippen molar-refractivity contribution in [3.63, 3.8) is 0 Å². The van der Waals surface area contributed by atoms with E-state index in [9.17, 15) is 18.8 Å². The smallest absolute Gasteiger partial charge is 0.178 e. The molecule has 0 saturated carbocycles. The minimum atomic E-state index is -3.33. The maximum atomic E-state index is 12.0. The number of nitrogens with one attached hydrogen (secondary N) is 1. The highest BCUT2D eigenvalue weighted by Gasteiger charge is 2.22. The molecule has 0 aliphatic heterocycles. The van der Waals surface area contributed by atoms with Gasteiger partial charge in [-0.05, 0) is 29.8 Å². The summed E-state index contributed by atoms with van der Waals surface area (Å²) < 4.78 is 24.0. The maximum Gasteiger partial charge on any atom is 0.178 e. The fourth-order valence-corrected chi connectivity index (χ4v) is 5.04. The number of benzene rings is 3. The number of sulfone groups is 1. The van der Waals surface area contributed by atoms with Crippen LogP contribution in [-0.4, -0.2) is 29.2 Å². The summed E-state index contributed by atoms with van der Waals surface area (Å²) in [5, 5.41) is 20.8. The summed E-state index contributed by atoms with van der Waals surface area (Å²) in [5.74, 6) is 0.226. The lowest BCUT2D eigenvalue weighted by Crippen LogP contribution is -2.05. The highest BCUT2D eigenvalue weighted by molar-refractivity contribution is 7.91. The van der Waals surface area contributed by atoms with Crippen LogP contribution in [0, 0.1) is 11.3 Å². The van der Waals surface area contributed by atoms with Crippen molar-refractivity contribution >= 4 is 44.1 Å². The van der Waals surface area contributed by atoms with Crippen molar-refractivity contribution in [3.8, 4) is 17.2 Å². The van der Waals surface area contributed by atoms with Gasteiger partial charge in [-0.15, -0.1) is 0 Å². The molecule has 1 aromatic heterocycles. The van der Waals surface area contributed by atoms with E-state index in [2.05, 4.69) is 16.0 Å². The molecule has 0 aliphatic carbocycles. The van der Waals surface area contributed by atoms with Gasteiger partial charge in [0.25, 0.3) is 0 Å². The van der Waals surface area contributed by atoms with E-state index in [-0.39, 0.29) is 21.5 Å². The number of imidazole rings is 1. The zero-order valence-corrected chi connectivity index (χ0v) is 19.1. The van der Waals surface area contributed by atoms with Gasteiger partial charge in [0.2, 0.25) is 0 Å². The molecule has 0 aliphatic rings. The van der Waals surface area contributed by atoms with Crippen LogP contribution in [0.25, 0.3) is 22.2 Å². The second kappa shape index (κ2) is 8.57. The van der Waals surface area contributed by atoms with Crippen molar-refractivity contribution in [1.82, 2.24) is 9.97 Å². The molecule has 6 nitrogen and oxygen atoms in total. The van der Waals surface area contributed by atoms with Crippen LogP contribution in [0.4, 0.5) is 0 Å². The number of nitrogens with zero attached hydrogens (tertiary/aromatic N) is 2. The van der Waals surface area contributed by atoms with Crippen molar-refractivity contribution in [3.05, 3.63) is 81.6 Å². The molecule has 0 saturated heterocycles. The molecule has 0 radical (unpaired) electrons. The Hall–Kier alpha value is -2.89. The highest BCUT2D eigenvalue weighted by Crippen LogP contribution is 2.41. The predicted octanol–water partition coefficient (Wildman–Crippen LogP) is 5.28. The summed E-state index contributed by atoms with van der Waals surface area (Å²) in [6.07, 6.45) is -1.13. The molecular formula is C23H17Cl2N3O3S. The fraction of sp³-hybridized carbons (Fsp3) is 0.130. The molecule has 0 amide bonds. The Balaban J connectivity index is 1.78. The Bertz CT molecular complexity index is 1470. The van der Waals surface area contributed by atoms with Gasteiger partial charge >= 0.3 is 0 Å². The number of rotatable bonds is 5. The van der Waals surface area contributed by atoms with Gasteiger partial charge < -0.3 is 10.1 Å². The van der Waals surface area contributed by atoms with Crippen LogP contribution in [0.5, 0.6) is 0 Å². The van der Waals surface area contributed by atoms with Gasteiger partial charge in [-0.1, -0.05) is 60.5 Å². The Kier molecular flexibility index (Phi) is 5.97. The van der Waals surface area contributed by atoms with E-state index >= 15 is 0 Å². The van der Waals surface area contributed by atoms with Crippen LogP contribution in [-0.2, 0) is 9.84 Å². The number of hydrogen-bond donors (Lipinski definition) is 2. The van der Waals surface area contributed by atoms with E-state index in [0.717, 1.165) is 0 Å². The Labute approximate surface area is 195 Å². The molecule has 2 N–H and O–H groups in total. The Morgan fingerprint density at radius 3 is 2.50 bits per heavy atom. The minimum absolute atomic E-state index is 0.00497. The first-order valence-corrected chi connectivity index (χ1v) is 12.1. The largest absolute Gasteiger partial charge is 0.380 e. The van der Waals surface area contributed by atoms with Crippen LogP contribution in [0.15, 0.2) is 59.5 Å². The van der Waals surface area contributed by atoms with E-state index in [1.807, 2.05) is 0 Å². The normalized spacial score (nSPS) is 12.6. The summed E-state index contributed by atoms with van der Waals surface area (Å²) in [6.45, 7) is 1.57. The molecule has 162 valence electrons. The molecule has 1 atom stereocenters. The number of H-pyrrole nitrogens is 1. The monoisotopic (exact) mass is 485 g/mol. The summed E-state index contributed by atoms with van der Waals surface area (Å²) in [7, 11) is -3.33. The van der Waals surface area contributed by atoms with Gasteiger partial charge in [-0.25, -0.2) is 13.4 Å². The van der Waals surface area contributed by atoms with Crippen molar-refractivity contribution in [2.75, 3.05) is 5.75 Å². The van der Waals surface area contributed by atoms with Crippen LogP contribution in [0.3, 0.4) is 0 Å². The number of aliphatic hydroxyl groups excluding tert-OH is 1. The minimum Gasteiger partial charge on any atom is -0.380 e. The molecule has 9 heteroatoms. The summed E-state index contributed by atoms with van der Waals surface area (Å²) in [6, 6.07) is 16.8. The number of hydrogen-bond acceptors (Lipinski definition) is 5. The van der Waals surface area contributed by atoms with E-state index in [4.69, 9.17) is 23.2 Å². The third kappa shape index (κ3) is 3.87. The number of nitriles is 1. The van der Waals surface area contributed by atoms with Gasteiger partial charge in [-0.2, -0.15) is 5.26 Å². The summed E-state index contributed by atoms with van der Waals surface area (Å²) in [4.78, 5) is 7.68. The van der Waals surface area contributed by atoms with Crippen LogP contribution in [0.2, 0.25) is 10.0 Å². The molecular weight excluding hydrogens is 469 g/mol. The first-order chi connectivity index (χ1) is 15.3. The predicted molar refractivity (Wildman–Crippen MR) is 124 cm³/mol. The molecule has 1 heterocycles. The molecule has 0 bridgehead atoms. The van der Waals surface area contributed by atoms with Crippen molar-refractivity contribution in [2.45, 2.75) is 17.9 Å². The molecule has 4 aromatic rings. The molecule has 0 fully saturated rings. The maximum absolute atomic E-state index is 12.0. The molecule has 1 unspecified atom stereocenters. The van der Waals surface area contributed by atoms with E-state index in [0.29, 0.717) is 38.3 Å². The molecule has 4 rings (SSSR count). The zero-order chi connectivity index (χ0) is 23.0. The number of aliphatic hydroxyl groups is 1. The first-order valence-electron chi connectivity index (χ1n) is 9.64. The van der Waals surface area contributed by atoms with Gasteiger partial charge in [-0.3, -0.25) is 0 Å². The van der Waals surface area contributed by atoms with E-state index in [1.54, 1.807) is 49.4 Å². The second-order valence-corrected chi connectivity index (χ2v) is 10.2. The second-order valence-electron chi connectivity index (χ2n) is 7.10. The molecule has 32 heavy (non-hydrogen) atoms. The summed E-state index contributed by atoms with van der Waals surface area (Å²) >= 11 is 13.1. The van der Waals surface area contributed by atoms with Gasteiger partial charge in [0.05, 0.1) is 37.8 Å². The van der Waals surface area contributed by atoms with Crippen LogP contribution >= 0.6 is 23.2 Å².